The Labute approximate surface area is 131 Å². The molecule has 3 atom stereocenters. The molecule has 22 heavy (non-hydrogen) atoms. The zero-order chi connectivity index (χ0) is 16.2. The summed E-state index contributed by atoms with van der Waals surface area (Å²) >= 11 is 0. The van der Waals surface area contributed by atoms with Gasteiger partial charge in [0.2, 0.25) is 5.76 Å². The number of methoxy groups -OCH3 is 1. The maximum atomic E-state index is 12.0. The van der Waals surface area contributed by atoms with E-state index < -0.39 is 18.5 Å². The Balaban J connectivity index is 2.02. The molecule has 0 spiro atoms. The molecule has 2 aromatic carbocycles. The highest BCUT2D eigenvalue weighted by molar-refractivity contribution is 5.86. The molecule has 0 N–H and O–H groups in total. The second-order valence-electron chi connectivity index (χ2n) is 5.10. The molecule has 0 aromatic heterocycles. The lowest BCUT2D eigenvalue weighted by molar-refractivity contribution is -0.142. The summed E-state index contributed by atoms with van der Waals surface area (Å²) in [6, 6.07) is 19.3. The van der Waals surface area contributed by atoms with Gasteiger partial charge in [-0.1, -0.05) is 60.7 Å². The van der Waals surface area contributed by atoms with Gasteiger partial charge in [0, 0.05) is 7.29 Å². The summed E-state index contributed by atoms with van der Waals surface area (Å²) in [5.41, 5.74) is 1.86. The van der Waals surface area contributed by atoms with E-state index >= 15 is 0 Å². The Morgan fingerprint density at radius 1 is 1.09 bits per heavy atom. The fourth-order valence-corrected chi connectivity index (χ4v) is 2.54. The normalized spacial score (nSPS) is 24.7. The molecule has 0 bridgehead atoms. The van der Waals surface area contributed by atoms with Crippen molar-refractivity contribution in [1.82, 2.24) is 0 Å². The van der Waals surface area contributed by atoms with Crippen LogP contribution in [0.1, 0.15) is 30.9 Å². The first-order valence-electron chi connectivity index (χ1n) is 7.77. The summed E-state index contributed by atoms with van der Waals surface area (Å²) in [6.45, 7) is 0. The number of carbonyl (C=O) groups is 1. The summed E-state index contributed by atoms with van der Waals surface area (Å²) in [6.07, 6.45) is 0.631. The lowest BCUT2D eigenvalue weighted by atomic mass is 9.88. The van der Waals surface area contributed by atoms with Crippen molar-refractivity contribution in [2.45, 2.75) is 18.4 Å². The van der Waals surface area contributed by atoms with Crippen LogP contribution in [0.5, 0.6) is 0 Å². The van der Waals surface area contributed by atoms with E-state index in [1.807, 2.05) is 60.7 Å². The summed E-state index contributed by atoms with van der Waals surface area (Å²) < 4.78 is 19.2. The second kappa shape index (κ2) is 6.48. The lowest BCUT2D eigenvalue weighted by Crippen LogP contribution is -2.20. The number of hydrogen-bond acceptors (Lipinski definition) is 3. The van der Waals surface area contributed by atoms with Gasteiger partial charge in [0.05, 0.1) is 7.11 Å². The highest BCUT2D eigenvalue weighted by atomic mass is 16.6. The van der Waals surface area contributed by atoms with Gasteiger partial charge in [-0.15, -0.1) is 0 Å². The first-order valence-corrected chi connectivity index (χ1v) is 7.19. The van der Waals surface area contributed by atoms with Crippen LogP contribution < -0.4 is 0 Å². The maximum Gasteiger partial charge on any atom is 0.373 e. The molecular formula is C19H18O3. The number of allylic oxidation sites excluding steroid dienone is 1. The summed E-state index contributed by atoms with van der Waals surface area (Å²) in [5, 5.41) is 0. The van der Waals surface area contributed by atoms with Crippen LogP contribution in [-0.4, -0.2) is 13.1 Å². The Bertz CT molecular complexity index is 697. The Kier molecular flexibility index (Phi) is 3.87. The molecule has 0 unspecified atom stereocenters. The minimum Gasteiger partial charge on any atom is -0.479 e. The molecule has 0 amide bonds. The van der Waals surface area contributed by atoms with Crippen LogP contribution in [0.3, 0.4) is 0 Å². The average molecular weight is 295 g/mol. The number of benzene rings is 2. The molecule has 0 saturated heterocycles. The third kappa shape index (κ3) is 3.03. The van der Waals surface area contributed by atoms with Gasteiger partial charge in [0.1, 0.15) is 6.10 Å². The summed E-state index contributed by atoms with van der Waals surface area (Å²) in [5.74, 6) is -0.582. The van der Waals surface area contributed by atoms with E-state index in [0.717, 1.165) is 11.1 Å². The van der Waals surface area contributed by atoms with E-state index in [0.29, 0.717) is 0 Å². The van der Waals surface area contributed by atoms with E-state index in [-0.39, 0.29) is 11.7 Å². The first-order chi connectivity index (χ1) is 11.2. The molecule has 1 aliphatic rings. The highest BCUT2D eigenvalue weighted by Gasteiger charge is 2.29. The van der Waals surface area contributed by atoms with E-state index in [2.05, 4.69) is 0 Å². The number of hydrogen-bond donors (Lipinski definition) is 0. The zero-order valence-corrected chi connectivity index (χ0v) is 12.3. The quantitative estimate of drug-likeness (QED) is 0.803. The van der Waals surface area contributed by atoms with Crippen molar-refractivity contribution in [3.8, 4) is 0 Å². The standard InChI is InChI=1S/C19H18O3/c1-21-19(20)18-13-16(14-8-4-2-5-9-14)12-17(22-18)15-10-6-3-7-11-15/h2-11,13,16-17H,12H2,1H3/t16-,17+/m1/s1/i12D/t12-,16+,17-/m0. The monoisotopic (exact) mass is 295 g/mol. The van der Waals surface area contributed by atoms with Crippen LogP contribution >= 0.6 is 0 Å². The number of ether oxygens (including phenoxy) is 2. The van der Waals surface area contributed by atoms with Crippen molar-refractivity contribution in [2.75, 3.05) is 7.11 Å². The largest absolute Gasteiger partial charge is 0.479 e. The number of esters is 1. The third-order valence-electron chi connectivity index (χ3n) is 3.67. The number of carbonyl (C=O) groups excluding carboxylic acids is 1. The molecule has 0 aliphatic carbocycles. The van der Waals surface area contributed by atoms with Gasteiger partial charge in [-0.2, -0.15) is 0 Å². The predicted molar refractivity (Wildman–Crippen MR) is 84.2 cm³/mol. The molecule has 3 nitrogen and oxygen atoms in total. The molecule has 112 valence electrons. The Morgan fingerprint density at radius 3 is 2.27 bits per heavy atom. The molecule has 0 radical (unpaired) electrons. The zero-order valence-electron chi connectivity index (χ0n) is 13.3. The lowest BCUT2D eigenvalue weighted by Gasteiger charge is -2.29. The molecule has 1 heterocycles. The summed E-state index contributed by atoms with van der Waals surface area (Å²) in [4.78, 5) is 12.0. The van der Waals surface area contributed by atoms with Gasteiger partial charge >= 0.3 is 5.97 Å². The Hall–Kier alpha value is -2.55. The molecule has 3 heteroatoms. The SMILES string of the molecule is [2H][C@H]1[C@@H](c2ccccc2)C=C(C(=O)OC)O[C@@H]1c1ccccc1. The van der Waals surface area contributed by atoms with E-state index in [1.165, 1.54) is 7.11 Å². The van der Waals surface area contributed by atoms with Crippen LogP contribution in [0.4, 0.5) is 0 Å². The van der Waals surface area contributed by atoms with Crippen molar-refractivity contribution < 1.29 is 15.6 Å². The van der Waals surface area contributed by atoms with Crippen molar-refractivity contribution in [3.63, 3.8) is 0 Å². The minimum absolute atomic E-state index is 0.165. The van der Waals surface area contributed by atoms with Gasteiger partial charge in [0.25, 0.3) is 0 Å². The van der Waals surface area contributed by atoms with Gasteiger partial charge in [-0.3, -0.25) is 0 Å². The smallest absolute Gasteiger partial charge is 0.373 e. The van der Waals surface area contributed by atoms with Crippen molar-refractivity contribution in [3.05, 3.63) is 83.6 Å². The van der Waals surface area contributed by atoms with Gasteiger partial charge in [-0.05, 0) is 23.6 Å². The van der Waals surface area contributed by atoms with Crippen LogP contribution in [0, 0.1) is 0 Å². The maximum absolute atomic E-state index is 12.0. The average Bonchev–Trinajstić information content (AvgIpc) is 2.62. The minimum atomic E-state index is -0.548. The molecule has 0 fully saturated rings. The van der Waals surface area contributed by atoms with Crippen molar-refractivity contribution >= 4 is 5.97 Å². The van der Waals surface area contributed by atoms with Crippen molar-refractivity contribution in [2.24, 2.45) is 0 Å². The molecule has 2 aromatic rings. The van der Waals surface area contributed by atoms with E-state index in [4.69, 9.17) is 10.8 Å². The van der Waals surface area contributed by atoms with Crippen LogP contribution in [-0.2, 0) is 14.3 Å². The first kappa shape index (κ1) is 13.1. The van der Waals surface area contributed by atoms with E-state index in [1.54, 1.807) is 6.08 Å². The van der Waals surface area contributed by atoms with Crippen molar-refractivity contribution in [1.29, 1.82) is 0 Å². The molecule has 0 saturated carbocycles. The van der Waals surface area contributed by atoms with E-state index in [9.17, 15) is 4.79 Å². The third-order valence-corrected chi connectivity index (χ3v) is 3.67. The molecular weight excluding hydrogens is 276 g/mol. The predicted octanol–water partition coefficient (Wildman–Crippen LogP) is 3.99. The molecule has 1 aliphatic heterocycles. The fraction of sp³-hybridized carbons (Fsp3) is 0.211. The van der Waals surface area contributed by atoms with Gasteiger partial charge < -0.3 is 9.47 Å². The fourth-order valence-electron chi connectivity index (χ4n) is 2.54. The Morgan fingerprint density at radius 2 is 1.68 bits per heavy atom. The van der Waals surface area contributed by atoms with Gasteiger partial charge in [0.15, 0.2) is 0 Å². The van der Waals surface area contributed by atoms with Crippen LogP contribution in [0.15, 0.2) is 72.5 Å². The second-order valence-corrected chi connectivity index (χ2v) is 5.10. The number of rotatable bonds is 3. The van der Waals surface area contributed by atoms with Crippen LogP contribution in [0.2, 0.25) is 0 Å². The highest BCUT2D eigenvalue weighted by Crippen LogP contribution is 2.38. The summed E-state index contributed by atoms with van der Waals surface area (Å²) in [7, 11) is 1.33. The molecule has 3 rings (SSSR count). The van der Waals surface area contributed by atoms with Gasteiger partial charge in [-0.25, -0.2) is 4.79 Å². The topological polar surface area (TPSA) is 35.5 Å². The van der Waals surface area contributed by atoms with Crippen LogP contribution in [0.25, 0.3) is 0 Å².